The van der Waals surface area contributed by atoms with E-state index in [0.29, 0.717) is 24.7 Å². The highest BCUT2D eigenvalue weighted by Gasteiger charge is 2.30. The SMILES string of the molecule is Cc1cccc(OCc2nnc(SCC(=O)N3CCN(S(=O)(=O)c4ccccc4)CC3)o2)c1. The minimum Gasteiger partial charge on any atom is -0.484 e. The molecule has 33 heavy (non-hydrogen) atoms. The molecule has 174 valence electrons. The number of carbonyl (C=O) groups excluding carboxylic acids is 1. The second-order valence-corrected chi connectivity index (χ2v) is 10.3. The molecule has 2 aromatic carbocycles. The lowest BCUT2D eigenvalue weighted by Crippen LogP contribution is -2.50. The van der Waals surface area contributed by atoms with Gasteiger partial charge in [0, 0.05) is 26.2 Å². The molecule has 1 aromatic heterocycles. The van der Waals surface area contributed by atoms with E-state index in [1.807, 2.05) is 31.2 Å². The fraction of sp³-hybridized carbons (Fsp3) is 0.318. The Kier molecular flexibility index (Phi) is 7.31. The van der Waals surface area contributed by atoms with E-state index in [1.54, 1.807) is 35.2 Å². The number of ether oxygens (including phenoxy) is 1. The third-order valence-corrected chi connectivity index (χ3v) is 7.81. The Labute approximate surface area is 196 Å². The largest absolute Gasteiger partial charge is 0.484 e. The first-order chi connectivity index (χ1) is 15.9. The van der Waals surface area contributed by atoms with Crippen molar-refractivity contribution in [3.8, 4) is 5.75 Å². The van der Waals surface area contributed by atoms with E-state index in [9.17, 15) is 13.2 Å². The number of piperazine rings is 1. The van der Waals surface area contributed by atoms with E-state index in [0.717, 1.165) is 17.3 Å². The van der Waals surface area contributed by atoms with E-state index in [2.05, 4.69) is 10.2 Å². The number of rotatable bonds is 8. The number of sulfonamides is 1. The highest BCUT2D eigenvalue weighted by Crippen LogP contribution is 2.21. The van der Waals surface area contributed by atoms with Gasteiger partial charge >= 0.3 is 0 Å². The minimum atomic E-state index is -3.55. The Morgan fingerprint density at radius 1 is 1.06 bits per heavy atom. The smallest absolute Gasteiger partial charge is 0.277 e. The molecule has 0 radical (unpaired) electrons. The molecule has 1 fully saturated rings. The van der Waals surface area contributed by atoms with Gasteiger partial charge in [-0.25, -0.2) is 8.42 Å². The Morgan fingerprint density at radius 2 is 1.82 bits per heavy atom. The van der Waals surface area contributed by atoms with Crippen molar-refractivity contribution in [3.63, 3.8) is 0 Å². The molecule has 1 aliphatic rings. The summed E-state index contributed by atoms with van der Waals surface area (Å²) in [6.45, 7) is 3.31. The zero-order valence-corrected chi connectivity index (χ0v) is 19.7. The van der Waals surface area contributed by atoms with Crippen LogP contribution in [0.2, 0.25) is 0 Å². The fourth-order valence-corrected chi connectivity index (χ4v) is 5.47. The maximum Gasteiger partial charge on any atom is 0.277 e. The first-order valence-electron chi connectivity index (χ1n) is 10.4. The van der Waals surface area contributed by atoms with Crippen molar-refractivity contribution in [1.29, 1.82) is 0 Å². The topological polar surface area (TPSA) is 106 Å². The molecule has 0 aliphatic carbocycles. The van der Waals surface area contributed by atoms with Gasteiger partial charge in [-0.3, -0.25) is 4.79 Å². The first kappa shape index (κ1) is 23.3. The Morgan fingerprint density at radius 3 is 2.55 bits per heavy atom. The Balaban J connectivity index is 1.23. The standard InChI is InChI=1S/C22H24N4O5S2/c1-17-6-5-7-18(14-17)30-15-20-23-24-22(31-20)32-16-21(27)25-10-12-26(13-11-25)33(28,29)19-8-3-2-4-9-19/h2-9,14H,10-13,15-16H2,1H3. The lowest BCUT2D eigenvalue weighted by atomic mass is 10.2. The van der Waals surface area contributed by atoms with Crippen molar-refractivity contribution in [2.45, 2.75) is 23.6 Å². The first-order valence-corrected chi connectivity index (χ1v) is 12.8. The summed E-state index contributed by atoms with van der Waals surface area (Å²) in [5, 5.41) is 8.19. The molecule has 1 amide bonds. The summed E-state index contributed by atoms with van der Waals surface area (Å²) in [6, 6.07) is 16.0. The molecule has 9 nitrogen and oxygen atoms in total. The Bertz CT molecular complexity index is 1190. The number of thioether (sulfide) groups is 1. The molecule has 11 heteroatoms. The molecular weight excluding hydrogens is 464 g/mol. The van der Waals surface area contributed by atoms with Crippen LogP contribution in [0.4, 0.5) is 0 Å². The summed E-state index contributed by atoms with van der Waals surface area (Å²) in [6.07, 6.45) is 0. The number of hydrogen-bond acceptors (Lipinski definition) is 8. The van der Waals surface area contributed by atoms with Crippen LogP contribution in [-0.2, 0) is 21.4 Å². The van der Waals surface area contributed by atoms with Crippen molar-refractivity contribution < 1.29 is 22.4 Å². The zero-order valence-electron chi connectivity index (χ0n) is 18.1. The third-order valence-electron chi connectivity index (χ3n) is 5.09. The molecule has 1 aliphatic heterocycles. The van der Waals surface area contributed by atoms with Crippen LogP contribution in [0.5, 0.6) is 5.75 Å². The number of aromatic nitrogens is 2. The predicted octanol–water partition coefficient (Wildman–Crippen LogP) is 2.58. The van der Waals surface area contributed by atoms with E-state index in [-0.39, 0.29) is 41.5 Å². The molecule has 0 unspecified atom stereocenters. The van der Waals surface area contributed by atoms with Gasteiger partial charge in [0.1, 0.15) is 5.75 Å². The van der Waals surface area contributed by atoms with Crippen LogP contribution >= 0.6 is 11.8 Å². The lowest BCUT2D eigenvalue weighted by molar-refractivity contribution is -0.129. The van der Waals surface area contributed by atoms with Gasteiger partial charge in [0.25, 0.3) is 11.1 Å². The molecule has 0 N–H and O–H groups in total. The second-order valence-electron chi connectivity index (χ2n) is 7.45. The van der Waals surface area contributed by atoms with Crippen molar-refractivity contribution in [3.05, 3.63) is 66.1 Å². The highest BCUT2D eigenvalue weighted by atomic mass is 32.2. The van der Waals surface area contributed by atoms with Crippen molar-refractivity contribution in [2.75, 3.05) is 31.9 Å². The number of amides is 1. The van der Waals surface area contributed by atoms with Gasteiger partial charge in [0.15, 0.2) is 6.61 Å². The number of benzene rings is 2. The molecule has 4 rings (SSSR count). The van der Waals surface area contributed by atoms with Crippen LogP contribution < -0.4 is 4.74 Å². The van der Waals surface area contributed by atoms with Crippen LogP contribution in [0.3, 0.4) is 0 Å². The molecule has 0 atom stereocenters. The molecular formula is C22H24N4O5S2. The maximum atomic E-state index is 12.7. The second kappa shape index (κ2) is 10.4. The van der Waals surface area contributed by atoms with Crippen molar-refractivity contribution in [1.82, 2.24) is 19.4 Å². The summed E-state index contributed by atoms with van der Waals surface area (Å²) in [4.78, 5) is 14.5. The number of hydrogen-bond donors (Lipinski definition) is 0. The van der Waals surface area contributed by atoms with Crippen LogP contribution in [-0.4, -0.2) is 65.7 Å². The highest BCUT2D eigenvalue weighted by molar-refractivity contribution is 7.99. The van der Waals surface area contributed by atoms with Gasteiger partial charge in [0.05, 0.1) is 10.6 Å². The molecule has 0 saturated carbocycles. The average Bonchev–Trinajstić information content (AvgIpc) is 3.30. The number of aryl methyl sites for hydroxylation is 1. The van der Waals surface area contributed by atoms with Gasteiger partial charge in [0.2, 0.25) is 15.9 Å². The number of nitrogens with zero attached hydrogens (tertiary/aromatic N) is 4. The van der Waals surface area contributed by atoms with Crippen molar-refractivity contribution in [2.24, 2.45) is 0 Å². The summed E-state index contributed by atoms with van der Waals surface area (Å²) in [5.41, 5.74) is 1.09. The summed E-state index contributed by atoms with van der Waals surface area (Å²) in [5.74, 6) is 1.07. The molecule has 2 heterocycles. The van der Waals surface area contributed by atoms with Gasteiger partial charge in [-0.2, -0.15) is 4.31 Å². The quantitative estimate of drug-likeness (QED) is 0.446. The van der Waals surface area contributed by atoms with Gasteiger partial charge < -0.3 is 14.1 Å². The average molecular weight is 489 g/mol. The number of carbonyl (C=O) groups is 1. The predicted molar refractivity (Wildman–Crippen MR) is 122 cm³/mol. The van der Waals surface area contributed by atoms with E-state index < -0.39 is 10.0 Å². The van der Waals surface area contributed by atoms with Crippen LogP contribution in [0.1, 0.15) is 11.5 Å². The third kappa shape index (κ3) is 5.92. The normalized spacial score (nSPS) is 14.9. The van der Waals surface area contributed by atoms with Crippen LogP contribution in [0, 0.1) is 6.92 Å². The zero-order chi connectivity index (χ0) is 23.3. The van der Waals surface area contributed by atoms with E-state index >= 15 is 0 Å². The van der Waals surface area contributed by atoms with Gasteiger partial charge in [-0.1, -0.05) is 42.1 Å². The van der Waals surface area contributed by atoms with E-state index in [4.69, 9.17) is 9.15 Å². The fourth-order valence-electron chi connectivity index (χ4n) is 3.34. The van der Waals surface area contributed by atoms with Gasteiger partial charge in [-0.15, -0.1) is 10.2 Å². The molecule has 0 bridgehead atoms. The molecule has 1 saturated heterocycles. The molecule has 3 aromatic rings. The van der Waals surface area contributed by atoms with E-state index in [1.165, 1.54) is 4.31 Å². The Hall–Kier alpha value is -2.89. The maximum absolute atomic E-state index is 12.7. The monoisotopic (exact) mass is 488 g/mol. The van der Waals surface area contributed by atoms with Crippen LogP contribution in [0.15, 0.2) is 69.1 Å². The summed E-state index contributed by atoms with van der Waals surface area (Å²) >= 11 is 1.15. The lowest BCUT2D eigenvalue weighted by Gasteiger charge is -2.33. The minimum absolute atomic E-state index is 0.104. The summed E-state index contributed by atoms with van der Waals surface area (Å²) < 4.78 is 38.0. The van der Waals surface area contributed by atoms with Crippen molar-refractivity contribution >= 4 is 27.7 Å². The summed E-state index contributed by atoms with van der Waals surface area (Å²) in [7, 11) is -3.55. The van der Waals surface area contributed by atoms with Gasteiger partial charge in [-0.05, 0) is 36.8 Å². The molecule has 0 spiro atoms. The van der Waals surface area contributed by atoms with Crippen LogP contribution in [0.25, 0.3) is 0 Å².